The summed E-state index contributed by atoms with van der Waals surface area (Å²) in [5.74, 6) is 1.51. The number of ether oxygens (including phenoxy) is 1. The second kappa shape index (κ2) is 7.37. The Morgan fingerprint density at radius 2 is 1.87 bits per heavy atom. The molecule has 5 rings (SSSR count). The van der Waals surface area contributed by atoms with Crippen LogP contribution in [-0.4, -0.2) is 50.9 Å². The average Bonchev–Trinajstić information content (AvgIpc) is 3.55. The van der Waals surface area contributed by atoms with Gasteiger partial charge in [0.05, 0.1) is 30.9 Å². The van der Waals surface area contributed by atoms with Gasteiger partial charge in [-0.05, 0) is 30.5 Å². The Labute approximate surface area is 174 Å². The third-order valence-electron chi connectivity index (χ3n) is 5.38. The van der Waals surface area contributed by atoms with Gasteiger partial charge < -0.3 is 9.64 Å². The van der Waals surface area contributed by atoms with Gasteiger partial charge in [0.25, 0.3) is 0 Å². The standard InChI is InChI=1S/C22H23N7O/c1-28(2)17-8-4-14(5-9-17)12-29-21-16(11-26-29)10-23-20(27-21)18-19(15-6-7-15)24-13-25-22(18)30-3/h4-5,8-11,13,15H,6-7,12H2,1-3H3. The first-order valence-corrected chi connectivity index (χ1v) is 9.98. The van der Waals surface area contributed by atoms with E-state index >= 15 is 0 Å². The van der Waals surface area contributed by atoms with Crippen molar-refractivity contribution in [1.29, 1.82) is 0 Å². The molecule has 0 aliphatic heterocycles. The summed E-state index contributed by atoms with van der Waals surface area (Å²) in [7, 11) is 5.68. The quantitative estimate of drug-likeness (QED) is 0.490. The molecule has 0 atom stereocenters. The minimum Gasteiger partial charge on any atom is -0.480 e. The van der Waals surface area contributed by atoms with E-state index in [2.05, 4.69) is 49.2 Å². The van der Waals surface area contributed by atoms with Crippen LogP contribution < -0.4 is 9.64 Å². The van der Waals surface area contributed by atoms with Gasteiger partial charge in [-0.3, -0.25) is 0 Å². The Morgan fingerprint density at radius 3 is 2.57 bits per heavy atom. The number of benzene rings is 1. The number of nitrogens with zero attached hydrogens (tertiary/aromatic N) is 7. The van der Waals surface area contributed by atoms with Gasteiger partial charge in [-0.1, -0.05) is 12.1 Å². The molecule has 0 amide bonds. The van der Waals surface area contributed by atoms with E-state index < -0.39 is 0 Å². The summed E-state index contributed by atoms with van der Waals surface area (Å²) < 4.78 is 7.41. The van der Waals surface area contributed by atoms with Crippen LogP contribution in [0.2, 0.25) is 0 Å². The van der Waals surface area contributed by atoms with Gasteiger partial charge in [-0.15, -0.1) is 0 Å². The second-order valence-electron chi connectivity index (χ2n) is 7.75. The zero-order valence-corrected chi connectivity index (χ0v) is 17.3. The zero-order chi connectivity index (χ0) is 20.7. The van der Waals surface area contributed by atoms with Crippen molar-refractivity contribution in [3.05, 3.63) is 54.2 Å². The highest BCUT2D eigenvalue weighted by Gasteiger charge is 2.31. The first-order chi connectivity index (χ1) is 14.6. The monoisotopic (exact) mass is 401 g/mol. The third kappa shape index (κ3) is 3.34. The summed E-state index contributed by atoms with van der Waals surface area (Å²) in [6.07, 6.45) is 7.40. The lowest BCUT2D eigenvalue weighted by molar-refractivity contribution is 0.397. The van der Waals surface area contributed by atoms with Crippen molar-refractivity contribution >= 4 is 16.7 Å². The highest BCUT2D eigenvalue weighted by atomic mass is 16.5. The van der Waals surface area contributed by atoms with Crippen molar-refractivity contribution in [2.45, 2.75) is 25.3 Å². The summed E-state index contributed by atoms with van der Waals surface area (Å²) in [6.45, 7) is 0.631. The molecule has 0 saturated heterocycles. The van der Waals surface area contributed by atoms with E-state index in [0.29, 0.717) is 24.2 Å². The molecule has 1 aliphatic carbocycles. The number of rotatable bonds is 6. The molecular weight excluding hydrogens is 378 g/mol. The number of hydrogen-bond donors (Lipinski definition) is 0. The summed E-state index contributed by atoms with van der Waals surface area (Å²) in [4.78, 5) is 20.3. The second-order valence-corrected chi connectivity index (χ2v) is 7.75. The van der Waals surface area contributed by atoms with Crippen molar-refractivity contribution < 1.29 is 4.74 Å². The molecule has 8 nitrogen and oxygen atoms in total. The topological polar surface area (TPSA) is 81.8 Å². The van der Waals surface area contributed by atoms with Crippen molar-refractivity contribution in [2.75, 3.05) is 26.1 Å². The van der Waals surface area contributed by atoms with Gasteiger partial charge in [0.2, 0.25) is 5.88 Å². The molecule has 0 unspecified atom stereocenters. The predicted molar refractivity (Wildman–Crippen MR) is 115 cm³/mol. The van der Waals surface area contributed by atoms with E-state index in [-0.39, 0.29) is 0 Å². The van der Waals surface area contributed by atoms with E-state index in [4.69, 9.17) is 9.72 Å². The smallest absolute Gasteiger partial charge is 0.227 e. The first-order valence-electron chi connectivity index (χ1n) is 9.98. The van der Waals surface area contributed by atoms with E-state index in [1.165, 1.54) is 0 Å². The van der Waals surface area contributed by atoms with Crippen LogP contribution in [0, 0.1) is 0 Å². The van der Waals surface area contributed by atoms with Crippen molar-refractivity contribution in [3.63, 3.8) is 0 Å². The maximum Gasteiger partial charge on any atom is 0.227 e. The van der Waals surface area contributed by atoms with Crippen LogP contribution in [0.15, 0.2) is 43.0 Å². The molecule has 0 radical (unpaired) electrons. The van der Waals surface area contributed by atoms with Crippen LogP contribution in [0.3, 0.4) is 0 Å². The lowest BCUT2D eigenvalue weighted by Crippen LogP contribution is -2.09. The van der Waals surface area contributed by atoms with E-state index in [1.54, 1.807) is 25.8 Å². The SMILES string of the molecule is COc1ncnc(C2CC2)c1-c1ncc2cnn(Cc3ccc(N(C)C)cc3)c2n1. The molecule has 8 heteroatoms. The molecule has 152 valence electrons. The summed E-state index contributed by atoms with van der Waals surface area (Å²) >= 11 is 0. The van der Waals surface area contributed by atoms with E-state index in [0.717, 1.165) is 46.4 Å². The van der Waals surface area contributed by atoms with Crippen LogP contribution >= 0.6 is 0 Å². The molecule has 3 heterocycles. The summed E-state index contributed by atoms with van der Waals surface area (Å²) in [5.41, 5.74) is 4.85. The molecule has 0 spiro atoms. The molecule has 4 aromatic rings. The molecule has 1 aliphatic rings. The van der Waals surface area contributed by atoms with Gasteiger partial charge in [-0.2, -0.15) is 5.10 Å². The molecule has 1 aromatic carbocycles. The Hall–Kier alpha value is -3.55. The van der Waals surface area contributed by atoms with Crippen LogP contribution in [0.4, 0.5) is 5.69 Å². The number of hydrogen-bond acceptors (Lipinski definition) is 7. The highest BCUT2D eigenvalue weighted by molar-refractivity contribution is 5.77. The summed E-state index contributed by atoms with van der Waals surface area (Å²) in [6, 6.07) is 8.44. The minimum absolute atomic E-state index is 0.427. The fourth-order valence-corrected chi connectivity index (χ4v) is 3.59. The van der Waals surface area contributed by atoms with Crippen molar-refractivity contribution in [3.8, 4) is 17.3 Å². The van der Waals surface area contributed by atoms with Gasteiger partial charge in [0.15, 0.2) is 11.5 Å². The zero-order valence-electron chi connectivity index (χ0n) is 17.3. The molecule has 3 aromatic heterocycles. The molecular formula is C22H23N7O. The number of anilines is 1. The number of methoxy groups -OCH3 is 1. The molecule has 1 fully saturated rings. The Morgan fingerprint density at radius 1 is 1.07 bits per heavy atom. The molecule has 0 bridgehead atoms. The third-order valence-corrected chi connectivity index (χ3v) is 5.38. The van der Waals surface area contributed by atoms with Gasteiger partial charge >= 0.3 is 0 Å². The Bertz CT molecular complexity index is 1200. The Balaban J connectivity index is 1.54. The van der Waals surface area contributed by atoms with Gasteiger partial charge in [0.1, 0.15) is 11.9 Å². The van der Waals surface area contributed by atoms with Crippen LogP contribution in [-0.2, 0) is 6.54 Å². The van der Waals surface area contributed by atoms with E-state index in [1.807, 2.05) is 18.8 Å². The molecule has 30 heavy (non-hydrogen) atoms. The lowest BCUT2D eigenvalue weighted by Gasteiger charge is -2.13. The largest absolute Gasteiger partial charge is 0.480 e. The van der Waals surface area contributed by atoms with Crippen LogP contribution in [0.1, 0.15) is 30.0 Å². The number of aromatic nitrogens is 6. The highest BCUT2D eigenvalue weighted by Crippen LogP contribution is 2.44. The van der Waals surface area contributed by atoms with E-state index in [9.17, 15) is 0 Å². The maximum absolute atomic E-state index is 5.51. The molecule has 1 saturated carbocycles. The fourth-order valence-electron chi connectivity index (χ4n) is 3.59. The number of fused-ring (bicyclic) bond motifs is 1. The average molecular weight is 401 g/mol. The lowest BCUT2D eigenvalue weighted by atomic mass is 10.1. The predicted octanol–water partition coefficient (Wildman–Crippen LogP) is 3.28. The minimum atomic E-state index is 0.427. The fraction of sp³-hybridized carbons (Fsp3) is 0.318. The van der Waals surface area contributed by atoms with Crippen molar-refractivity contribution in [1.82, 2.24) is 29.7 Å². The maximum atomic E-state index is 5.51. The Kier molecular flexibility index (Phi) is 4.54. The molecule has 0 N–H and O–H groups in total. The normalized spacial score (nSPS) is 13.6. The van der Waals surface area contributed by atoms with Gasteiger partial charge in [-0.25, -0.2) is 24.6 Å². The first kappa shape index (κ1) is 18.5. The summed E-state index contributed by atoms with van der Waals surface area (Å²) in [5, 5.41) is 5.43. The van der Waals surface area contributed by atoms with Crippen LogP contribution in [0.5, 0.6) is 5.88 Å². The van der Waals surface area contributed by atoms with Gasteiger partial charge in [0, 0.05) is 31.9 Å². The van der Waals surface area contributed by atoms with Crippen molar-refractivity contribution in [2.24, 2.45) is 0 Å². The van der Waals surface area contributed by atoms with Crippen LogP contribution in [0.25, 0.3) is 22.4 Å².